The summed E-state index contributed by atoms with van der Waals surface area (Å²) >= 11 is 1.65. The zero-order chi connectivity index (χ0) is 12.7. The molecule has 0 bridgehead atoms. The van der Waals surface area contributed by atoms with Crippen molar-refractivity contribution in [3.05, 3.63) is 44.8 Å². The van der Waals surface area contributed by atoms with Gasteiger partial charge < -0.3 is 5.73 Å². The number of nitro benzene ring substituents is 1. The molecule has 5 heteroatoms. The molecule has 0 unspecified atom stereocenters. The molecule has 0 atom stereocenters. The average Bonchev–Trinajstić information content (AvgIpc) is 2.89. The van der Waals surface area contributed by atoms with Crippen LogP contribution in [-0.2, 0) is 12.8 Å². The van der Waals surface area contributed by atoms with Crippen molar-refractivity contribution in [1.82, 2.24) is 0 Å². The topological polar surface area (TPSA) is 69.2 Å². The summed E-state index contributed by atoms with van der Waals surface area (Å²) < 4.78 is 0. The van der Waals surface area contributed by atoms with Crippen LogP contribution in [0.2, 0.25) is 0 Å². The van der Waals surface area contributed by atoms with E-state index in [-0.39, 0.29) is 10.6 Å². The summed E-state index contributed by atoms with van der Waals surface area (Å²) in [5, 5.41) is 11.5. The van der Waals surface area contributed by atoms with E-state index in [1.54, 1.807) is 23.5 Å². The lowest BCUT2D eigenvalue weighted by molar-refractivity contribution is -0.384. The van der Waals surface area contributed by atoms with E-state index in [0.29, 0.717) is 0 Å². The van der Waals surface area contributed by atoms with Crippen LogP contribution < -0.4 is 5.73 Å². The highest BCUT2D eigenvalue weighted by Crippen LogP contribution is 2.43. The van der Waals surface area contributed by atoms with Crippen LogP contribution in [-0.4, -0.2) is 4.92 Å². The molecule has 18 heavy (non-hydrogen) atoms. The molecule has 2 N–H and O–H groups in total. The summed E-state index contributed by atoms with van der Waals surface area (Å²) in [7, 11) is 0. The predicted octanol–water partition coefficient (Wildman–Crippen LogP) is 3.39. The lowest BCUT2D eigenvalue weighted by Crippen LogP contribution is -1.90. The van der Waals surface area contributed by atoms with Crippen molar-refractivity contribution in [2.75, 3.05) is 5.73 Å². The Morgan fingerprint density at radius 1 is 1.22 bits per heavy atom. The van der Waals surface area contributed by atoms with Crippen molar-refractivity contribution in [3.8, 4) is 11.1 Å². The Balaban J connectivity index is 2.07. The minimum atomic E-state index is -0.384. The molecule has 1 heterocycles. The van der Waals surface area contributed by atoms with Gasteiger partial charge in [-0.3, -0.25) is 10.1 Å². The first kappa shape index (κ1) is 11.2. The predicted molar refractivity (Wildman–Crippen MR) is 72.8 cm³/mol. The van der Waals surface area contributed by atoms with Gasteiger partial charge in [0.25, 0.3) is 5.69 Å². The summed E-state index contributed by atoms with van der Waals surface area (Å²) in [4.78, 5) is 11.6. The van der Waals surface area contributed by atoms with E-state index in [0.717, 1.165) is 29.0 Å². The van der Waals surface area contributed by atoms with Gasteiger partial charge in [0, 0.05) is 22.6 Å². The molecule has 0 amide bonds. The Morgan fingerprint density at radius 3 is 2.61 bits per heavy atom. The van der Waals surface area contributed by atoms with Gasteiger partial charge in [-0.2, -0.15) is 0 Å². The molecule has 0 saturated heterocycles. The Kier molecular flexibility index (Phi) is 2.56. The Hall–Kier alpha value is -1.88. The second-order valence-corrected chi connectivity index (χ2v) is 5.54. The van der Waals surface area contributed by atoms with Crippen LogP contribution in [0.4, 0.5) is 10.7 Å². The molecular weight excluding hydrogens is 248 g/mol. The maximum absolute atomic E-state index is 10.6. The number of anilines is 1. The van der Waals surface area contributed by atoms with Crippen molar-refractivity contribution >= 4 is 22.0 Å². The molecule has 1 aliphatic carbocycles. The maximum Gasteiger partial charge on any atom is 0.269 e. The first-order chi connectivity index (χ1) is 8.66. The first-order valence-electron chi connectivity index (χ1n) is 5.81. The van der Waals surface area contributed by atoms with Gasteiger partial charge in [-0.1, -0.05) is 0 Å². The summed E-state index contributed by atoms with van der Waals surface area (Å²) in [5.41, 5.74) is 9.59. The SMILES string of the molecule is Nc1sc2c(c1-c1ccc([N+](=O)[O-])cc1)CCC2. The molecule has 1 aliphatic rings. The lowest BCUT2D eigenvalue weighted by atomic mass is 10.0. The van der Waals surface area contributed by atoms with Crippen LogP contribution in [0.3, 0.4) is 0 Å². The second kappa shape index (κ2) is 4.10. The largest absolute Gasteiger partial charge is 0.390 e. The Bertz CT molecular complexity index is 617. The van der Waals surface area contributed by atoms with Crippen LogP contribution in [0.1, 0.15) is 16.9 Å². The number of non-ortho nitro benzene ring substituents is 1. The molecule has 0 fully saturated rings. The van der Waals surface area contributed by atoms with E-state index in [2.05, 4.69) is 0 Å². The van der Waals surface area contributed by atoms with Gasteiger partial charge in [0.15, 0.2) is 0 Å². The van der Waals surface area contributed by atoms with Gasteiger partial charge in [0.1, 0.15) is 0 Å². The van der Waals surface area contributed by atoms with E-state index >= 15 is 0 Å². The van der Waals surface area contributed by atoms with Gasteiger partial charge in [-0.05, 0) is 42.5 Å². The van der Waals surface area contributed by atoms with Crippen molar-refractivity contribution in [3.63, 3.8) is 0 Å². The minimum absolute atomic E-state index is 0.115. The smallest absolute Gasteiger partial charge is 0.269 e. The third-order valence-electron chi connectivity index (χ3n) is 3.32. The number of thiophene rings is 1. The number of aryl methyl sites for hydroxylation is 1. The molecular formula is C13H12N2O2S. The number of fused-ring (bicyclic) bond motifs is 1. The fourth-order valence-corrected chi connectivity index (χ4v) is 3.67. The van der Waals surface area contributed by atoms with Gasteiger partial charge in [-0.15, -0.1) is 11.3 Å². The van der Waals surface area contributed by atoms with E-state index in [9.17, 15) is 10.1 Å². The fourth-order valence-electron chi connectivity index (χ4n) is 2.49. The molecule has 92 valence electrons. The molecule has 1 aromatic carbocycles. The standard InChI is InChI=1S/C13H12N2O2S/c14-13-12(10-2-1-3-11(10)18-13)8-4-6-9(7-5-8)15(16)17/h4-7H,1-3,14H2. The first-order valence-corrected chi connectivity index (χ1v) is 6.63. The highest BCUT2D eigenvalue weighted by Gasteiger charge is 2.22. The number of benzene rings is 1. The fraction of sp³-hybridized carbons (Fsp3) is 0.231. The van der Waals surface area contributed by atoms with Crippen LogP contribution in [0.25, 0.3) is 11.1 Å². The summed E-state index contributed by atoms with van der Waals surface area (Å²) in [6.45, 7) is 0. The molecule has 0 aliphatic heterocycles. The highest BCUT2D eigenvalue weighted by atomic mass is 32.1. The average molecular weight is 260 g/mol. The van der Waals surface area contributed by atoms with Crippen LogP contribution in [0.5, 0.6) is 0 Å². The van der Waals surface area contributed by atoms with Crippen molar-refractivity contribution in [2.24, 2.45) is 0 Å². The number of rotatable bonds is 2. The highest BCUT2D eigenvalue weighted by molar-refractivity contribution is 7.16. The van der Waals surface area contributed by atoms with Crippen LogP contribution >= 0.6 is 11.3 Å². The van der Waals surface area contributed by atoms with E-state index < -0.39 is 0 Å². The number of nitrogen functional groups attached to an aromatic ring is 1. The quantitative estimate of drug-likeness (QED) is 0.664. The summed E-state index contributed by atoms with van der Waals surface area (Å²) in [5.74, 6) is 0. The molecule has 1 aromatic heterocycles. The third kappa shape index (κ3) is 1.67. The van der Waals surface area contributed by atoms with Crippen LogP contribution in [0.15, 0.2) is 24.3 Å². The van der Waals surface area contributed by atoms with Gasteiger partial charge in [0.05, 0.1) is 9.92 Å². The van der Waals surface area contributed by atoms with E-state index in [4.69, 9.17) is 5.73 Å². The van der Waals surface area contributed by atoms with Gasteiger partial charge in [0.2, 0.25) is 0 Å². The lowest BCUT2D eigenvalue weighted by Gasteiger charge is -2.03. The van der Waals surface area contributed by atoms with Crippen molar-refractivity contribution < 1.29 is 4.92 Å². The zero-order valence-corrected chi connectivity index (χ0v) is 10.5. The maximum atomic E-state index is 10.6. The third-order valence-corrected chi connectivity index (χ3v) is 4.44. The second-order valence-electron chi connectivity index (χ2n) is 4.40. The monoisotopic (exact) mass is 260 g/mol. The number of hydrogen-bond donors (Lipinski definition) is 1. The Morgan fingerprint density at radius 2 is 1.94 bits per heavy atom. The minimum Gasteiger partial charge on any atom is -0.390 e. The molecule has 2 aromatic rings. The zero-order valence-electron chi connectivity index (χ0n) is 9.68. The molecule has 0 saturated carbocycles. The summed E-state index contributed by atoms with van der Waals surface area (Å²) in [6.07, 6.45) is 3.36. The summed E-state index contributed by atoms with van der Waals surface area (Å²) in [6, 6.07) is 6.64. The molecule has 0 spiro atoms. The number of nitrogens with zero attached hydrogens (tertiary/aromatic N) is 1. The van der Waals surface area contributed by atoms with Crippen LogP contribution in [0, 0.1) is 10.1 Å². The molecule has 0 radical (unpaired) electrons. The van der Waals surface area contributed by atoms with E-state index in [1.165, 1.54) is 29.0 Å². The number of hydrogen-bond acceptors (Lipinski definition) is 4. The van der Waals surface area contributed by atoms with E-state index in [1.807, 2.05) is 0 Å². The number of nitrogens with two attached hydrogens (primary N) is 1. The number of nitro groups is 1. The molecule has 4 nitrogen and oxygen atoms in total. The molecule has 3 rings (SSSR count). The Labute approximate surface area is 108 Å². The van der Waals surface area contributed by atoms with Crippen molar-refractivity contribution in [1.29, 1.82) is 0 Å². The van der Waals surface area contributed by atoms with Crippen molar-refractivity contribution in [2.45, 2.75) is 19.3 Å². The van der Waals surface area contributed by atoms with Gasteiger partial charge in [-0.25, -0.2) is 0 Å². The van der Waals surface area contributed by atoms with Gasteiger partial charge >= 0.3 is 0 Å². The normalized spacial score (nSPS) is 13.6.